The van der Waals surface area contributed by atoms with Gasteiger partial charge >= 0.3 is 0 Å². The number of amides is 1. The predicted molar refractivity (Wildman–Crippen MR) is 92.6 cm³/mol. The van der Waals surface area contributed by atoms with Gasteiger partial charge in [-0.1, -0.05) is 35.9 Å². The van der Waals surface area contributed by atoms with E-state index in [1.807, 2.05) is 37.3 Å². The van der Waals surface area contributed by atoms with Gasteiger partial charge in [-0.3, -0.25) is 14.6 Å². The second-order valence-corrected chi connectivity index (χ2v) is 5.52. The van der Waals surface area contributed by atoms with Crippen molar-refractivity contribution < 1.29 is 4.79 Å². The van der Waals surface area contributed by atoms with Crippen LogP contribution < -0.4 is 10.9 Å². The van der Waals surface area contributed by atoms with Crippen molar-refractivity contribution in [3.05, 3.63) is 88.0 Å². The van der Waals surface area contributed by atoms with E-state index in [2.05, 4.69) is 15.3 Å². The van der Waals surface area contributed by atoms with E-state index in [-0.39, 0.29) is 5.56 Å². The van der Waals surface area contributed by atoms with Crippen LogP contribution in [0.3, 0.4) is 0 Å². The smallest absolute Gasteiger partial charge is 0.261 e. The molecule has 1 aromatic carbocycles. The molecule has 0 fully saturated rings. The van der Waals surface area contributed by atoms with Gasteiger partial charge in [0.15, 0.2) is 0 Å². The maximum Gasteiger partial charge on any atom is 0.261 e. The van der Waals surface area contributed by atoms with E-state index < -0.39 is 11.5 Å². The Hall–Kier alpha value is -3.21. The van der Waals surface area contributed by atoms with Crippen LogP contribution in [0.2, 0.25) is 0 Å². The second-order valence-electron chi connectivity index (χ2n) is 5.52. The fraction of sp³-hybridized carbons (Fsp3) is 0.105. The lowest BCUT2D eigenvalue weighted by Gasteiger charge is -2.06. The number of aromatic nitrogens is 2. The van der Waals surface area contributed by atoms with Gasteiger partial charge in [0.1, 0.15) is 5.56 Å². The number of nitrogens with one attached hydrogen (secondary N) is 2. The number of aromatic amines is 1. The van der Waals surface area contributed by atoms with Crippen LogP contribution in [0.1, 0.15) is 21.5 Å². The summed E-state index contributed by atoms with van der Waals surface area (Å²) in [5.41, 5.74) is 3.29. The molecule has 3 rings (SSSR count). The molecule has 0 radical (unpaired) electrons. The lowest BCUT2D eigenvalue weighted by atomic mass is 10.1. The molecule has 3 aromatic rings. The van der Waals surface area contributed by atoms with E-state index in [4.69, 9.17) is 0 Å². The van der Waals surface area contributed by atoms with E-state index in [1.165, 1.54) is 0 Å². The van der Waals surface area contributed by atoms with Crippen LogP contribution in [0.4, 0.5) is 0 Å². The highest BCUT2D eigenvalue weighted by atomic mass is 16.2. The molecule has 2 aromatic heterocycles. The Morgan fingerprint density at radius 2 is 1.92 bits per heavy atom. The predicted octanol–water partition coefficient (Wildman–Crippen LogP) is 2.68. The van der Waals surface area contributed by atoms with Crippen LogP contribution in [0.5, 0.6) is 0 Å². The maximum absolute atomic E-state index is 12.2. The number of H-pyrrole nitrogens is 1. The highest BCUT2D eigenvalue weighted by molar-refractivity contribution is 5.94. The number of carbonyl (C=O) groups is 1. The number of hydrogen-bond donors (Lipinski definition) is 2. The summed E-state index contributed by atoms with van der Waals surface area (Å²) in [6.07, 6.45) is 3.34. The van der Waals surface area contributed by atoms with Gasteiger partial charge in [0, 0.05) is 24.6 Å². The highest BCUT2D eigenvalue weighted by Crippen LogP contribution is 2.16. The summed E-state index contributed by atoms with van der Waals surface area (Å²) in [4.78, 5) is 31.1. The molecule has 0 saturated carbocycles. The van der Waals surface area contributed by atoms with Gasteiger partial charge in [0.25, 0.3) is 11.5 Å². The molecule has 120 valence electrons. The molecule has 0 aliphatic carbocycles. The number of carbonyl (C=O) groups excluding carboxylic acids is 1. The van der Waals surface area contributed by atoms with E-state index in [0.717, 1.165) is 16.7 Å². The van der Waals surface area contributed by atoms with Crippen molar-refractivity contribution in [2.45, 2.75) is 13.5 Å². The van der Waals surface area contributed by atoms with Crippen molar-refractivity contribution in [1.29, 1.82) is 0 Å². The van der Waals surface area contributed by atoms with Gasteiger partial charge in [0.05, 0.1) is 0 Å². The normalized spacial score (nSPS) is 10.4. The van der Waals surface area contributed by atoms with E-state index in [0.29, 0.717) is 12.2 Å². The first-order valence-corrected chi connectivity index (χ1v) is 7.61. The number of aryl methyl sites for hydroxylation is 1. The lowest BCUT2D eigenvalue weighted by molar-refractivity contribution is 0.0949. The molecule has 5 nitrogen and oxygen atoms in total. The molecule has 5 heteroatoms. The second kappa shape index (κ2) is 6.91. The van der Waals surface area contributed by atoms with Crippen molar-refractivity contribution >= 4 is 5.91 Å². The summed E-state index contributed by atoms with van der Waals surface area (Å²) in [5.74, 6) is -0.407. The van der Waals surface area contributed by atoms with Gasteiger partial charge in [0.2, 0.25) is 0 Å². The van der Waals surface area contributed by atoms with Crippen molar-refractivity contribution in [1.82, 2.24) is 15.3 Å². The average Bonchev–Trinajstić information content (AvgIpc) is 2.61. The molecular weight excluding hydrogens is 302 g/mol. The van der Waals surface area contributed by atoms with Gasteiger partial charge in [-0.05, 0) is 36.2 Å². The van der Waals surface area contributed by atoms with Crippen LogP contribution in [0.25, 0.3) is 11.3 Å². The fourth-order valence-electron chi connectivity index (χ4n) is 2.33. The number of benzene rings is 1. The number of nitrogens with zero attached hydrogens (tertiary/aromatic N) is 1. The Kier molecular flexibility index (Phi) is 4.52. The lowest BCUT2D eigenvalue weighted by Crippen LogP contribution is -2.29. The Morgan fingerprint density at radius 1 is 1.12 bits per heavy atom. The summed E-state index contributed by atoms with van der Waals surface area (Å²) in [5, 5.41) is 2.72. The minimum absolute atomic E-state index is 0.0924. The summed E-state index contributed by atoms with van der Waals surface area (Å²) in [6, 6.07) is 14.8. The summed E-state index contributed by atoms with van der Waals surface area (Å²) < 4.78 is 0. The largest absolute Gasteiger partial charge is 0.348 e. The van der Waals surface area contributed by atoms with Crippen LogP contribution >= 0.6 is 0 Å². The van der Waals surface area contributed by atoms with Crippen molar-refractivity contribution in [2.24, 2.45) is 0 Å². The zero-order valence-electron chi connectivity index (χ0n) is 13.2. The summed E-state index contributed by atoms with van der Waals surface area (Å²) in [7, 11) is 0. The van der Waals surface area contributed by atoms with E-state index in [9.17, 15) is 9.59 Å². The highest BCUT2D eigenvalue weighted by Gasteiger charge is 2.11. The first-order valence-electron chi connectivity index (χ1n) is 7.61. The average molecular weight is 319 g/mol. The standard InChI is InChI=1S/C19H17N3O2/c1-13-4-6-15(7-5-13)17-9-8-16(19(24)22-17)18(23)21-12-14-3-2-10-20-11-14/h2-11H,12H2,1H3,(H,21,23)(H,22,24). The van der Waals surface area contributed by atoms with Crippen LogP contribution in [0.15, 0.2) is 65.7 Å². The zero-order valence-corrected chi connectivity index (χ0v) is 13.2. The molecule has 0 atom stereocenters. The van der Waals surface area contributed by atoms with Gasteiger partial charge < -0.3 is 10.3 Å². The molecule has 24 heavy (non-hydrogen) atoms. The molecule has 0 aliphatic heterocycles. The topological polar surface area (TPSA) is 74.8 Å². The summed E-state index contributed by atoms with van der Waals surface area (Å²) >= 11 is 0. The molecule has 1 amide bonds. The molecule has 0 spiro atoms. The third kappa shape index (κ3) is 3.57. The molecular formula is C19H17N3O2. The Bertz CT molecular complexity index is 900. The number of rotatable bonds is 4. The number of hydrogen-bond acceptors (Lipinski definition) is 3. The van der Waals surface area contributed by atoms with Crippen molar-refractivity contribution in [2.75, 3.05) is 0 Å². The van der Waals surface area contributed by atoms with Crippen molar-refractivity contribution in [3.8, 4) is 11.3 Å². The SMILES string of the molecule is Cc1ccc(-c2ccc(C(=O)NCc3cccnc3)c(=O)[nH]2)cc1. The van der Waals surface area contributed by atoms with Gasteiger partial charge in [-0.2, -0.15) is 0 Å². The quantitative estimate of drug-likeness (QED) is 0.776. The molecule has 0 unspecified atom stereocenters. The Labute approximate surface area is 139 Å². The molecule has 0 bridgehead atoms. The fourth-order valence-corrected chi connectivity index (χ4v) is 2.33. The first kappa shape index (κ1) is 15.7. The van der Waals surface area contributed by atoms with Crippen LogP contribution in [-0.2, 0) is 6.54 Å². The van der Waals surface area contributed by atoms with E-state index >= 15 is 0 Å². The minimum atomic E-state index is -0.407. The summed E-state index contributed by atoms with van der Waals surface area (Å²) in [6.45, 7) is 2.33. The maximum atomic E-state index is 12.2. The number of pyridine rings is 2. The third-order valence-corrected chi connectivity index (χ3v) is 3.69. The van der Waals surface area contributed by atoms with Gasteiger partial charge in [-0.15, -0.1) is 0 Å². The third-order valence-electron chi connectivity index (χ3n) is 3.69. The molecule has 0 saturated heterocycles. The van der Waals surface area contributed by atoms with Gasteiger partial charge in [-0.25, -0.2) is 0 Å². The van der Waals surface area contributed by atoms with Crippen LogP contribution in [-0.4, -0.2) is 15.9 Å². The zero-order chi connectivity index (χ0) is 16.9. The minimum Gasteiger partial charge on any atom is -0.348 e. The van der Waals surface area contributed by atoms with E-state index in [1.54, 1.807) is 30.6 Å². The van der Waals surface area contributed by atoms with Crippen molar-refractivity contribution in [3.63, 3.8) is 0 Å². The molecule has 2 heterocycles. The Balaban J connectivity index is 1.76. The Morgan fingerprint density at radius 3 is 2.58 bits per heavy atom. The van der Waals surface area contributed by atoms with Crippen LogP contribution in [0, 0.1) is 6.92 Å². The molecule has 0 aliphatic rings. The first-order chi connectivity index (χ1) is 11.6. The monoisotopic (exact) mass is 319 g/mol. The molecule has 2 N–H and O–H groups in total.